The van der Waals surface area contributed by atoms with Crippen LogP contribution in [0.4, 0.5) is 9.52 Å². The van der Waals surface area contributed by atoms with E-state index in [1.54, 1.807) is 12.1 Å². The standard InChI is InChI=1S/C18H16FN3OS/c1-13(11-23-16-5-3-2-4-6-16)21-22-18-20-17(12-24-18)14-7-9-15(19)10-8-14/h2-10,12H,11H2,1H3,(H,20,22)/b21-13+. The Morgan fingerprint density at radius 2 is 1.92 bits per heavy atom. The number of aromatic nitrogens is 1. The molecule has 0 aliphatic rings. The maximum atomic E-state index is 13.0. The molecule has 0 unspecified atom stereocenters. The summed E-state index contributed by atoms with van der Waals surface area (Å²) in [7, 11) is 0. The maximum Gasteiger partial charge on any atom is 0.203 e. The lowest BCUT2D eigenvalue weighted by Gasteiger charge is -2.05. The van der Waals surface area contributed by atoms with Crippen molar-refractivity contribution in [2.45, 2.75) is 6.92 Å². The Kier molecular flexibility index (Phi) is 5.18. The first-order chi connectivity index (χ1) is 11.7. The molecular weight excluding hydrogens is 325 g/mol. The van der Waals surface area contributed by atoms with E-state index in [0.717, 1.165) is 22.7 Å². The van der Waals surface area contributed by atoms with Gasteiger partial charge in [-0.15, -0.1) is 11.3 Å². The molecule has 122 valence electrons. The second-order valence-electron chi connectivity index (χ2n) is 5.11. The number of ether oxygens (including phenoxy) is 1. The van der Waals surface area contributed by atoms with Gasteiger partial charge < -0.3 is 4.74 Å². The summed E-state index contributed by atoms with van der Waals surface area (Å²) in [5.74, 6) is 0.547. The molecule has 1 N–H and O–H groups in total. The predicted octanol–water partition coefficient (Wildman–Crippen LogP) is 4.82. The molecule has 0 atom stereocenters. The molecule has 1 heterocycles. The normalized spacial score (nSPS) is 11.3. The molecular formula is C18H16FN3OS. The second kappa shape index (κ2) is 7.70. The van der Waals surface area contributed by atoms with Crippen molar-refractivity contribution in [3.8, 4) is 17.0 Å². The highest BCUT2D eigenvalue weighted by molar-refractivity contribution is 7.14. The number of nitrogens with one attached hydrogen (secondary N) is 1. The molecule has 0 aliphatic carbocycles. The van der Waals surface area contributed by atoms with Crippen LogP contribution in [0.15, 0.2) is 65.1 Å². The van der Waals surface area contributed by atoms with E-state index in [0.29, 0.717) is 11.7 Å². The number of benzene rings is 2. The summed E-state index contributed by atoms with van der Waals surface area (Å²) < 4.78 is 18.6. The summed E-state index contributed by atoms with van der Waals surface area (Å²) in [4.78, 5) is 4.44. The smallest absolute Gasteiger partial charge is 0.203 e. The molecule has 0 spiro atoms. The Balaban J connectivity index is 1.57. The Labute approximate surface area is 143 Å². The number of rotatable bonds is 6. The number of para-hydroxylation sites is 1. The van der Waals surface area contributed by atoms with Gasteiger partial charge in [0.05, 0.1) is 11.4 Å². The highest BCUT2D eigenvalue weighted by Gasteiger charge is 2.04. The van der Waals surface area contributed by atoms with Gasteiger partial charge in [0.15, 0.2) is 0 Å². The fourth-order valence-electron chi connectivity index (χ4n) is 1.96. The van der Waals surface area contributed by atoms with Crippen LogP contribution in [-0.2, 0) is 0 Å². The molecule has 3 rings (SSSR count). The van der Waals surface area contributed by atoms with E-state index >= 15 is 0 Å². The third kappa shape index (κ3) is 4.39. The van der Waals surface area contributed by atoms with Crippen molar-refractivity contribution in [3.05, 3.63) is 65.8 Å². The summed E-state index contributed by atoms with van der Waals surface area (Å²) in [5.41, 5.74) is 5.38. The van der Waals surface area contributed by atoms with E-state index in [1.165, 1.54) is 23.5 Å². The minimum absolute atomic E-state index is 0.258. The molecule has 0 amide bonds. The topological polar surface area (TPSA) is 46.5 Å². The van der Waals surface area contributed by atoms with Crippen molar-refractivity contribution < 1.29 is 9.13 Å². The molecule has 0 fully saturated rings. The summed E-state index contributed by atoms with van der Waals surface area (Å²) in [6, 6.07) is 15.8. The highest BCUT2D eigenvalue weighted by Crippen LogP contribution is 2.25. The molecule has 24 heavy (non-hydrogen) atoms. The molecule has 0 saturated heterocycles. The Hall–Kier alpha value is -2.73. The summed E-state index contributed by atoms with van der Waals surface area (Å²) in [6.07, 6.45) is 0. The van der Waals surface area contributed by atoms with Gasteiger partial charge in [-0.3, -0.25) is 5.43 Å². The molecule has 0 radical (unpaired) electrons. The zero-order chi connectivity index (χ0) is 16.8. The Morgan fingerprint density at radius 1 is 1.17 bits per heavy atom. The fourth-order valence-corrected chi connectivity index (χ4v) is 2.62. The van der Waals surface area contributed by atoms with Crippen molar-refractivity contribution in [1.82, 2.24) is 4.98 Å². The average molecular weight is 341 g/mol. The van der Waals surface area contributed by atoms with Gasteiger partial charge in [0.25, 0.3) is 0 Å². The quantitative estimate of drug-likeness (QED) is 0.517. The van der Waals surface area contributed by atoms with Gasteiger partial charge in [-0.1, -0.05) is 18.2 Å². The van der Waals surface area contributed by atoms with Crippen molar-refractivity contribution in [3.63, 3.8) is 0 Å². The average Bonchev–Trinajstić information content (AvgIpc) is 3.09. The number of halogens is 1. The molecule has 3 aromatic rings. The van der Waals surface area contributed by atoms with Crippen molar-refractivity contribution in [1.29, 1.82) is 0 Å². The van der Waals surface area contributed by atoms with Crippen LogP contribution in [0.1, 0.15) is 6.92 Å². The van der Waals surface area contributed by atoms with Crippen LogP contribution < -0.4 is 10.2 Å². The molecule has 2 aromatic carbocycles. The van der Waals surface area contributed by atoms with Crippen molar-refractivity contribution in [2.24, 2.45) is 5.10 Å². The summed E-state index contributed by atoms with van der Waals surface area (Å²) in [5, 5.41) is 6.84. The highest BCUT2D eigenvalue weighted by atomic mass is 32.1. The van der Waals surface area contributed by atoms with E-state index in [4.69, 9.17) is 4.74 Å². The summed E-state index contributed by atoms with van der Waals surface area (Å²) in [6.45, 7) is 2.28. The number of hydrogen-bond donors (Lipinski definition) is 1. The fraction of sp³-hybridized carbons (Fsp3) is 0.111. The van der Waals surface area contributed by atoms with Gasteiger partial charge in [0.1, 0.15) is 18.2 Å². The molecule has 4 nitrogen and oxygen atoms in total. The lowest BCUT2D eigenvalue weighted by molar-refractivity contribution is 0.376. The van der Waals surface area contributed by atoms with E-state index in [2.05, 4.69) is 15.5 Å². The van der Waals surface area contributed by atoms with Crippen LogP contribution in [0.25, 0.3) is 11.3 Å². The van der Waals surface area contributed by atoms with Crippen LogP contribution in [0, 0.1) is 5.82 Å². The third-order valence-corrected chi connectivity index (χ3v) is 3.92. The maximum absolute atomic E-state index is 13.0. The molecule has 6 heteroatoms. The molecule has 1 aromatic heterocycles. The van der Waals surface area contributed by atoms with Crippen LogP contribution in [0.5, 0.6) is 5.75 Å². The van der Waals surface area contributed by atoms with Crippen LogP contribution in [0.2, 0.25) is 0 Å². The first kappa shape index (κ1) is 16.1. The van der Waals surface area contributed by atoms with Crippen molar-refractivity contribution >= 4 is 22.2 Å². The number of nitrogens with zero attached hydrogens (tertiary/aromatic N) is 2. The lowest BCUT2D eigenvalue weighted by Crippen LogP contribution is -2.09. The van der Waals surface area contributed by atoms with E-state index in [9.17, 15) is 4.39 Å². The summed E-state index contributed by atoms with van der Waals surface area (Å²) >= 11 is 1.44. The van der Waals surface area contributed by atoms with E-state index in [-0.39, 0.29) is 5.82 Å². The number of anilines is 1. The first-order valence-electron chi connectivity index (χ1n) is 7.39. The Morgan fingerprint density at radius 3 is 2.67 bits per heavy atom. The van der Waals surface area contributed by atoms with Crippen LogP contribution in [-0.4, -0.2) is 17.3 Å². The van der Waals surface area contributed by atoms with Gasteiger partial charge in [-0.25, -0.2) is 9.37 Å². The number of hydrazone groups is 1. The second-order valence-corrected chi connectivity index (χ2v) is 5.96. The first-order valence-corrected chi connectivity index (χ1v) is 8.27. The predicted molar refractivity (Wildman–Crippen MR) is 96.2 cm³/mol. The molecule has 0 saturated carbocycles. The van der Waals surface area contributed by atoms with E-state index in [1.807, 2.05) is 42.6 Å². The largest absolute Gasteiger partial charge is 0.488 e. The molecule has 0 aliphatic heterocycles. The zero-order valence-corrected chi connectivity index (χ0v) is 13.9. The number of thiazole rings is 1. The van der Waals surface area contributed by atoms with Crippen molar-refractivity contribution in [2.75, 3.05) is 12.0 Å². The van der Waals surface area contributed by atoms with Gasteiger partial charge in [0, 0.05) is 10.9 Å². The minimum Gasteiger partial charge on any atom is -0.488 e. The van der Waals surface area contributed by atoms with Gasteiger partial charge in [-0.05, 0) is 43.3 Å². The van der Waals surface area contributed by atoms with Gasteiger partial charge in [0.2, 0.25) is 5.13 Å². The van der Waals surface area contributed by atoms with Gasteiger partial charge in [-0.2, -0.15) is 5.10 Å². The third-order valence-electron chi connectivity index (χ3n) is 3.18. The van der Waals surface area contributed by atoms with Gasteiger partial charge >= 0.3 is 0 Å². The minimum atomic E-state index is -0.258. The number of hydrogen-bond acceptors (Lipinski definition) is 5. The SMILES string of the molecule is C/C(COc1ccccc1)=N\Nc1nc(-c2ccc(F)cc2)cs1. The monoisotopic (exact) mass is 341 g/mol. The molecule has 0 bridgehead atoms. The Bertz CT molecular complexity index is 816. The van der Waals surface area contributed by atoms with E-state index < -0.39 is 0 Å². The van der Waals surface area contributed by atoms with Crippen LogP contribution >= 0.6 is 11.3 Å². The van der Waals surface area contributed by atoms with Crippen LogP contribution in [0.3, 0.4) is 0 Å². The zero-order valence-electron chi connectivity index (χ0n) is 13.1. The lowest BCUT2D eigenvalue weighted by atomic mass is 10.2.